The fourth-order valence-corrected chi connectivity index (χ4v) is 1.94. The van der Waals surface area contributed by atoms with Crippen LogP contribution in [0.15, 0.2) is 22.8 Å². The average Bonchev–Trinajstić information content (AvgIpc) is 2.81. The number of nitrogens with one attached hydrogen (secondary N) is 1. The van der Waals surface area contributed by atoms with Gasteiger partial charge in [0.25, 0.3) is 0 Å². The van der Waals surface area contributed by atoms with Crippen molar-refractivity contribution in [2.24, 2.45) is 5.92 Å². The van der Waals surface area contributed by atoms with Gasteiger partial charge in [-0.2, -0.15) is 5.26 Å². The normalized spacial score (nSPS) is 14.8. The third kappa shape index (κ3) is 3.34. The van der Waals surface area contributed by atoms with E-state index in [1.54, 1.807) is 17.2 Å². The van der Waals surface area contributed by atoms with Crippen molar-refractivity contribution in [1.29, 1.82) is 5.26 Å². The fraction of sp³-hybridized carbons (Fsp3) is 0.538. The molecule has 1 aliphatic heterocycles. The Morgan fingerprint density at radius 1 is 1.61 bits per heavy atom. The van der Waals surface area contributed by atoms with E-state index in [0.717, 1.165) is 18.8 Å². The average molecular weight is 247 g/mol. The fourth-order valence-electron chi connectivity index (χ4n) is 1.94. The monoisotopic (exact) mass is 247 g/mol. The molecule has 1 saturated heterocycles. The molecule has 1 aromatic heterocycles. The number of nitriles is 1. The summed E-state index contributed by atoms with van der Waals surface area (Å²) in [6.07, 6.45) is 2.51. The smallest absolute Gasteiger partial charge is 0.223 e. The van der Waals surface area contributed by atoms with E-state index in [1.165, 1.54) is 0 Å². The Hall–Kier alpha value is -1.80. The molecule has 1 fully saturated rings. The summed E-state index contributed by atoms with van der Waals surface area (Å²) in [4.78, 5) is 13.8. The molecule has 5 nitrogen and oxygen atoms in total. The summed E-state index contributed by atoms with van der Waals surface area (Å²) >= 11 is 0. The van der Waals surface area contributed by atoms with Gasteiger partial charge in [0.1, 0.15) is 5.76 Å². The van der Waals surface area contributed by atoms with Gasteiger partial charge in [0.15, 0.2) is 0 Å². The molecule has 2 heterocycles. The van der Waals surface area contributed by atoms with Crippen molar-refractivity contribution in [3.05, 3.63) is 24.2 Å². The highest BCUT2D eigenvalue weighted by Crippen LogP contribution is 2.13. The number of nitrogens with zero attached hydrogens (tertiary/aromatic N) is 2. The second-order valence-corrected chi connectivity index (χ2v) is 4.53. The molecule has 5 heteroatoms. The Labute approximate surface area is 106 Å². The Morgan fingerprint density at radius 3 is 3.00 bits per heavy atom. The predicted octanol–water partition coefficient (Wildman–Crippen LogP) is 1.13. The van der Waals surface area contributed by atoms with Crippen molar-refractivity contribution in [3.8, 4) is 6.07 Å². The van der Waals surface area contributed by atoms with Gasteiger partial charge in [-0.25, -0.2) is 0 Å². The van der Waals surface area contributed by atoms with Crippen LogP contribution in [0.4, 0.5) is 0 Å². The van der Waals surface area contributed by atoms with Gasteiger partial charge in [0, 0.05) is 13.0 Å². The van der Waals surface area contributed by atoms with E-state index in [-0.39, 0.29) is 5.91 Å². The molecule has 1 amide bonds. The number of furan rings is 1. The van der Waals surface area contributed by atoms with Crippen LogP contribution in [-0.2, 0) is 11.3 Å². The molecule has 0 atom stereocenters. The van der Waals surface area contributed by atoms with Gasteiger partial charge >= 0.3 is 0 Å². The molecule has 18 heavy (non-hydrogen) atoms. The zero-order chi connectivity index (χ0) is 12.8. The summed E-state index contributed by atoms with van der Waals surface area (Å²) in [5, 5.41) is 11.8. The lowest BCUT2D eigenvalue weighted by atomic mass is 9.98. The highest BCUT2D eigenvalue weighted by atomic mass is 16.3. The lowest BCUT2D eigenvalue weighted by Gasteiger charge is -2.29. The molecule has 0 saturated carbocycles. The molecule has 0 bridgehead atoms. The van der Waals surface area contributed by atoms with E-state index in [9.17, 15) is 4.79 Å². The third-order valence-electron chi connectivity index (χ3n) is 3.10. The van der Waals surface area contributed by atoms with E-state index in [4.69, 9.17) is 9.68 Å². The minimum Gasteiger partial charge on any atom is -0.467 e. The van der Waals surface area contributed by atoms with Crippen LogP contribution in [0, 0.1) is 17.2 Å². The van der Waals surface area contributed by atoms with Crippen LogP contribution >= 0.6 is 0 Å². The van der Waals surface area contributed by atoms with Crippen molar-refractivity contribution in [2.75, 3.05) is 19.6 Å². The molecule has 1 N–H and O–H groups in total. The van der Waals surface area contributed by atoms with Crippen molar-refractivity contribution in [3.63, 3.8) is 0 Å². The Kier molecular flexibility index (Phi) is 4.37. The minimum atomic E-state index is 0.105. The van der Waals surface area contributed by atoms with Gasteiger partial charge in [-0.15, -0.1) is 0 Å². The molecule has 0 aromatic carbocycles. The number of hydrogen-bond donors (Lipinski definition) is 1. The minimum absolute atomic E-state index is 0.105. The van der Waals surface area contributed by atoms with Crippen molar-refractivity contribution >= 4 is 5.91 Å². The molecular formula is C13H17N3O2. The first-order valence-electron chi connectivity index (χ1n) is 6.17. The maximum absolute atomic E-state index is 12.1. The molecule has 1 aromatic rings. The molecule has 0 aliphatic carbocycles. The summed E-state index contributed by atoms with van der Waals surface area (Å²) in [5.74, 6) is 1.31. The maximum atomic E-state index is 12.1. The van der Waals surface area contributed by atoms with E-state index in [1.807, 2.05) is 6.07 Å². The summed E-state index contributed by atoms with van der Waals surface area (Å²) in [6.45, 7) is 2.75. The van der Waals surface area contributed by atoms with Gasteiger partial charge in [0.05, 0.1) is 25.3 Å². The summed E-state index contributed by atoms with van der Waals surface area (Å²) in [7, 11) is 0. The Bertz CT molecular complexity index is 418. The highest BCUT2D eigenvalue weighted by Gasteiger charge is 2.23. The van der Waals surface area contributed by atoms with E-state index < -0.39 is 0 Å². The van der Waals surface area contributed by atoms with Crippen molar-refractivity contribution < 1.29 is 9.21 Å². The maximum Gasteiger partial charge on any atom is 0.223 e. The summed E-state index contributed by atoms with van der Waals surface area (Å²) in [5.41, 5.74) is 0. The van der Waals surface area contributed by atoms with Crippen LogP contribution < -0.4 is 5.32 Å². The topological polar surface area (TPSA) is 69.3 Å². The van der Waals surface area contributed by atoms with Gasteiger partial charge in [-0.3, -0.25) is 4.79 Å². The predicted molar refractivity (Wildman–Crippen MR) is 65.3 cm³/mol. The Morgan fingerprint density at radius 2 is 2.44 bits per heavy atom. The van der Waals surface area contributed by atoms with E-state index in [2.05, 4.69) is 11.4 Å². The van der Waals surface area contributed by atoms with Crippen LogP contribution in [0.2, 0.25) is 0 Å². The zero-order valence-electron chi connectivity index (χ0n) is 10.3. The largest absolute Gasteiger partial charge is 0.467 e. The molecule has 0 radical (unpaired) electrons. The standard InChI is InChI=1S/C13H17N3O2/c14-4-2-5-16(10-12-3-1-6-18-12)13(17)7-11-8-15-9-11/h1,3,6,11,15H,2,5,7-10H2. The van der Waals surface area contributed by atoms with Crippen LogP contribution in [-0.4, -0.2) is 30.4 Å². The molecular weight excluding hydrogens is 230 g/mol. The molecule has 0 unspecified atom stereocenters. The van der Waals surface area contributed by atoms with Crippen LogP contribution in [0.3, 0.4) is 0 Å². The lowest BCUT2D eigenvalue weighted by molar-refractivity contribution is -0.133. The van der Waals surface area contributed by atoms with Gasteiger partial charge in [-0.05, 0) is 31.1 Å². The Balaban J connectivity index is 1.90. The highest BCUT2D eigenvalue weighted by molar-refractivity contribution is 5.76. The number of rotatable bonds is 6. The molecule has 2 rings (SSSR count). The summed E-state index contributed by atoms with van der Waals surface area (Å²) in [6, 6.07) is 5.73. The molecule has 0 spiro atoms. The van der Waals surface area contributed by atoms with Crippen LogP contribution in [0.5, 0.6) is 0 Å². The van der Waals surface area contributed by atoms with E-state index in [0.29, 0.717) is 31.8 Å². The number of amides is 1. The van der Waals surface area contributed by atoms with Gasteiger partial charge in [-0.1, -0.05) is 0 Å². The number of carbonyl (C=O) groups excluding carboxylic acids is 1. The van der Waals surface area contributed by atoms with Gasteiger partial charge < -0.3 is 14.6 Å². The van der Waals surface area contributed by atoms with Crippen LogP contribution in [0.25, 0.3) is 0 Å². The first kappa shape index (κ1) is 12.7. The quantitative estimate of drug-likeness (QED) is 0.818. The SMILES string of the molecule is N#CCCN(Cc1ccco1)C(=O)CC1CNC1. The van der Waals surface area contributed by atoms with Crippen molar-refractivity contribution in [1.82, 2.24) is 10.2 Å². The van der Waals surface area contributed by atoms with E-state index >= 15 is 0 Å². The third-order valence-corrected chi connectivity index (χ3v) is 3.10. The first-order chi connectivity index (χ1) is 8.79. The number of carbonyl (C=O) groups is 1. The van der Waals surface area contributed by atoms with Crippen LogP contribution in [0.1, 0.15) is 18.6 Å². The van der Waals surface area contributed by atoms with Gasteiger partial charge in [0.2, 0.25) is 5.91 Å². The summed E-state index contributed by atoms with van der Waals surface area (Å²) < 4.78 is 5.25. The second kappa shape index (κ2) is 6.22. The molecule has 1 aliphatic rings. The first-order valence-corrected chi connectivity index (χ1v) is 6.17. The zero-order valence-corrected chi connectivity index (χ0v) is 10.3. The molecule has 96 valence electrons. The number of hydrogen-bond acceptors (Lipinski definition) is 4. The second-order valence-electron chi connectivity index (χ2n) is 4.53. The van der Waals surface area contributed by atoms with Crippen molar-refractivity contribution in [2.45, 2.75) is 19.4 Å². The lowest BCUT2D eigenvalue weighted by Crippen LogP contribution is -2.45.